The molecule has 0 aliphatic carbocycles. The topological polar surface area (TPSA) is 79.2 Å². The molecule has 0 spiro atoms. The zero-order valence-electron chi connectivity index (χ0n) is 10.9. The van der Waals surface area contributed by atoms with Crippen molar-refractivity contribution in [2.75, 3.05) is 11.4 Å². The van der Waals surface area contributed by atoms with Gasteiger partial charge in [-0.25, -0.2) is 0 Å². The molecule has 0 saturated carbocycles. The largest absolute Gasteiger partial charge is 0.367 e. The van der Waals surface area contributed by atoms with Crippen molar-refractivity contribution in [1.29, 1.82) is 0 Å². The third-order valence-corrected chi connectivity index (χ3v) is 3.59. The molecule has 0 bridgehead atoms. The zero-order chi connectivity index (χ0) is 14.1. The highest BCUT2D eigenvalue weighted by Crippen LogP contribution is 2.32. The number of rotatable bonds is 1. The van der Waals surface area contributed by atoms with E-state index in [0.29, 0.717) is 13.0 Å². The molecule has 3 rings (SSSR count). The van der Waals surface area contributed by atoms with E-state index in [1.165, 1.54) is 18.5 Å². The van der Waals surface area contributed by atoms with Gasteiger partial charge in [0.2, 0.25) is 0 Å². The van der Waals surface area contributed by atoms with Crippen molar-refractivity contribution in [3.63, 3.8) is 0 Å². The van der Waals surface area contributed by atoms with Gasteiger partial charge in [-0.2, -0.15) is 0 Å². The highest BCUT2D eigenvalue weighted by molar-refractivity contribution is 6.06. The smallest absolute Gasteiger partial charge is 0.263 e. The van der Waals surface area contributed by atoms with Gasteiger partial charge in [-0.3, -0.25) is 9.59 Å². The monoisotopic (exact) mass is 269 g/mol. The van der Waals surface area contributed by atoms with Crippen molar-refractivity contribution in [3.8, 4) is 0 Å². The van der Waals surface area contributed by atoms with Crippen LogP contribution in [0.5, 0.6) is 0 Å². The van der Waals surface area contributed by atoms with Crippen LogP contribution in [-0.2, 0) is 0 Å². The van der Waals surface area contributed by atoms with Crippen molar-refractivity contribution >= 4 is 11.6 Å². The molecule has 1 aromatic heterocycles. The molecular formula is C15H15N3O2. The first-order chi connectivity index (χ1) is 9.68. The van der Waals surface area contributed by atoms with Crippen LogP contribution in [-0.4, -0.2) is 17.4 Å². The quantitative estimate of drug-likeness (QED) is 0.821. The number of aromatic amines is 1. The van der Waals surface area contributed by atoms with Gasteiger partial charge >= 0.3 is 0 Å². The fraction of sp³-hybridized carbons (Fsp3) is 0.200. The molecule has 1 unspecified atom stereocenters. The fourth-order valence-electron chi connectivity index (χ4n) is 2.53. The van der Waals surface area contributed by atoms with Crippen LogP contribution >= 0.6 is 0 Å². The number of hydrogen-bond donors (Lipinski definition) is 2. The standard InChI is InChI=1S/C15H15N3O2/c16-12-6-8-18(13-4-2-1-3-10(12)13)15(20)11-9-17-7-5-14(11)19/h1-5,7,9,12H,6,8,16H2,(H,17,19). The molecule has 1 aromatic carbocycles. The normalized spacial score (nSPS) is 17.6. The van der Waals surface area contributed by atoms with Gasteiger partial charge in [-0.05, 0) is 18.1 Å². The van der Waals surface area contributed by atoms with Crippen molar-refractivity contribution < 1.29 is 4.79 Å². The molecule has 0 fully saturated rings. The maximum Gasteiger partial charge on any atom is 0.263 e. The third kappa shape index (κ3) is 2.02. The number of H-pyrrole nitrogens is 1. The lowest BCUT2D eigenvalue weighted by Crippen LogP contribution is -2.40. The van der Waals surface area contributed by atoms with E-state index in [2.05, 4.69) is 4.98 Å². The number of benzene rings is 1. The molecule has 1 aliphatic heterocycles. The van der Waals surface area contributed by atoms with E-state index in [9.17, 15) is 9.59 Å². The number of carbonyl (C=O) groups is 1. The lowest BCUT2D eigenvalue weighted by atomic mass is 9.96. The average molecular weight is 269 g/mol. The molecule has 1 atom stereocenters. The summed E-state index contributed by atoms with van der Waals surface area (Å²) < 4.78 is 0. The summed E-state index contributed by atoms with van der Waals surface area (Å²) in [5, 5.41) is 0. The number of nitrogens with two attached hydrogens (primary N) is 1. The number of aromatic nitrogens is 1. The molecule has 2 heterocycles. The van der Waals surface area contributed by atoms with Crippen LogP contribution in [0, 0.1) is 0 Å². The van der Waals surface area contributed by atoms with Crippen LogP contribution < -0.4 is 16.1 Å². The van der Waals surface area contributed by atoms with Gasteiger partial charge in [0.05, 0.1) is 0 Å². The number of anilines is 1. The maximum atomic E-state index is 12.6. The molecule has 0 saturated heterocycles. The van der Waals surface area contributed by atoms with Gasteiger partial charge in [-0.15, -0.1) is 0 Å². The first-order valence-corrected chi connectivity index (χ1v) is 6.52. The molecule has 20 heavy (non-hydrogen) atoms. The average Bonchev–Trinajstić information content (AvgIpc) is 2.48. The molecule has 5 nitrogen and oxygen atoms in total. The Balaban J connectivity index is 2.04. The number of pyridine rings is 1. The summed E-state index contributed by atoms with van der Waals surface area (Å²) in [7, 11) is 0. The molecule has 1 aliphatic rings. The lowest BCUT2D eigenvalue weighted by molar-refractivity contribution is 0.0983. The van der Waals surface area contributed by atoms with Crippen molar-refractivity contribution in [2.45, 2.75) is 12.5 Å². The Bertz CT molecular complexity index is 708. The molecular weight excluding hydrogens is 254 g/mol. The van der Waals surface area contributed by atoms with E-state index >= 15 is 0 Å². The Morgan fingerprint density at radius 3 is 2.90 bits per heavy atom. The number of nitrogens with one attached hydrogen (secondary N) is 1. The highest BCUT2D eigenvalue weighted by atomic mass is 16.2. The summed E-state index contributed by atoms with van der Waals surface area (Å²) in [5.41, 5.74) is 7.68. The Kier molecular flexibility index (Phi) is 3.12. The van der Waals surface area contributed by atoms with Crippen LogP contribution in [0.25, 0.3) is 0 Å². The van der Waals surface area contributed by atoms with Gasteiger partial charge in [0.25, 0.3) is 5.91 Å². The van der Waals surface area contributed by atoms with E-state index in [-0.39, 0.29) is 22.9 Å². The predicted octanol–water partition coefficient (Wildman–Crippen LogP) is 1.43. The van der Waals surface area contributed by atoms with Crippen LogP contribution in [0.15, 0.2) is 47.5 Å². The third-order valence-electron chi connectivity index (χ3n) is 3.59. The van der Waals surface area contributed by atoms with Crippen LogP contribution in [0.3, 0.4) is 0 Å². The molecule has 0 radical (unpaired) electrons. The lowest BCUT2D eigenvalue weighted by Gasteiger charge is -2.32. The minimum absolute atomic E-state index is 0.0655. The minimum atomic E-state index is -0.286. The van der Waals surface area contributed by atoms with E-state index in [1.807, 2.05) is 24.3 Å². The summed E-state index contributed by atoms with van der Waals surface area (Å²) in [5.74, 6) is -0.286. The van der Waals surface area contributed by atoms with Crippen molar-refractivity contribution in [3.05, 3.63) is 64.1 Å². The number of para-hydroxylation sites is 1. The summed E-state index contributed by atoms with van der Waals surface area (Å²) in [6.45, 7) is 0.519. The van der Waals surface area contributed by atoms with Gasteiger partial charge in [0.1, 0.15) is 5.56 Å². The Hall–Kier alpha value is -2.40. The van der Waals surface area contributed by atoms with E-state index < -0.39 is 0 Å². The first kappa shape index (κ1) is 12.6. The second-order valence-electron chi connectivity index (χ2n) is 4.83. The van der Waals surface area contributed by atoms with E-state index in [4.69, 9.17) is 5.73 Å². The summed E-state index contributed by atoms with van der Waals surface area (Å²) >= 11 is 0. The Morgan fingerprint density at radius 2 is 2.10 bits per heavy atom. The molecule has 5 heteroatoms. The molecule has 2 aromatic rings. The first-order valence-electron chi connectivity index (χ1n) is 6.52. The van der Waals surface area contributed by atoms with Gasteiger partial charge in [0.15, 0.2) is 5.43 Å². The van der Waals surface area contributed by atoms with E-state index in [1.54, 1.807) is 4.90 Å². The van der Waals surface area contributed by atoms with Gasteiger partial charge in [0, 0.05) is 36.7 Å². The number of hydrogen-bond acceptors (Lipinski definition) is 3. The summed E-state index contributed by atoms with van der Waals surface area (Å²) in [6.07, 6.45) is 3.65. The number of nitrogens with zero attached hydrogens (tertiary/aromatic N) is 1. The molecule has 3 N–H and O–H groups in total. The van der Waals surface area contributed by atoms with Crippen molar-refractivity contribution in [1.82, 2.24) is 4.98 Å². The Labute approximate surface area is 116 Å². The molecule has 102 valence electrons. The number of amides is 1. The van der Waals surface area contributed by atoms with E-state index in [0.717, 1.165) is 11.3 Å². The Morgan fingerprint density at radius 1 is 1.30 bits per heavy atom. The summed E-state index contributed by atoms with van der Waals surface area (Å²) in [4.78, 5) is 28.8. The van der Waals surface area contributed by atoms with Crippen LogP contribution in [0.4, 0.5) is 5.69 Å². The minimum Gasteiger partial charge on any atom is -0.367 e. The number of carbonyl (C=O) groups excluding carboxylic acids is 1. The highest BCUT2D eigenvalue weighted by Gasteiger charge is 2.28. The van der Waals surface area contributed by atoms with Gasteiger partial charge in [-0.1, -0.05) is 18.2 Å². The van der Waals surface area contributed by atoms with Crippen LogP contribution in [0.2, 0.25) is 0 Å². The molecule has 1 amide bonds. The van der Waals surface area contributed by atoms with Crippen LogP contribution in [0.1, 0.15) is 28.4 Å². The maximum absolute atomic E-state index is 12.6. The number of fused-ring (bicyclic) bond motifs is 1. The fourth-order valence-corrected chi connectivity index (χ4v) is 2.53. The predicted molar refractivity (Wildman–Crippen MR) is 76.7 cm³/mol. The van der Waals surface area contributed by atoms with Gasteiger partial charge < -0.3 is 15.6 Å². The summed E-state index contributed by atoms with van der Waals surface area (Å²) in [6, 6.07) is 8.85. The zero-order valence-corrected chi connectivity index (χ0v) is 10.9. The van der Waals surface area contributed by atoms with Crippen molar-refractivity contribution in [2.24, 2.45) is 5.73 Å². The SMILES string of the molecule is NC1CCN(C(=O)c2c[nH]ccc2=O)c2ccccc21. The second kappa shape index (κ2) is 4.94. The second-order valence-corrected chi connectivity index (χ2v) is 4.83.